The standard InChI is InChI=1S/C11H13NO/c1-11(2)8-13-12-10(11)9-6-4-3-5-7-9/h3-7H,8H2,1-2H3. The van der Waals surface area contributed by atoms with Gasteiger partial charge < -0.3 is 4.84 Å². The van der Waals surface area contributed by atoms with Crippen molar-refractivity contribution in [2.45, 2.75) is 13.8 Å². The van der Waals surface area contributed by atoms with Crippen LogP contribution in [-0.2, 0) is 4.84 Å². The van der Waals surface area contributed by atoms with Gasteiger partial charge in [-0.15, -0.1) is 0 Å². The van der Waals surface area contributed by atoms with Crippen LogP contribution in [0.15, 0.2) is 35.5 Å². The highest BCUT2D eigenvalue weighted by atomic mass is 16.6. The minimum atomic E-state index is 0.0430. The zero-order valence-electron chi connectivity index (χ0n) is 7.95. The van der Waals surface area contributed by atoms with Crippen LogP contribution in [-0.4, -0.2) is 12.3 Å². The first-order valence-corrected chi connectivity index (χ1v) is 4.46. The van der Waals surface area contributed by atoms with Crippen molar-refractivity contribution >= 4 is 5.71 Å². The number of oxime groups is 1. The second-order valence-electron chi connectivity index (χ2n) is 3.96. The third-order valence-corrected chi connectivity index (χ3v) is 2.27. The number of benzene rings is 1. The number of rotatable bonds is 1. The number of hydrogen-bond donors (Lipinski definition) is 0. The van der Waals surface area contributed by atoms with Gasteiger partial charge in [0.1, 0.15) is 6.61 Å². The molecule has 2 heteroatoms. The van der Waals surface area contributed by atoms with Crippen LogP contribution in [0.3, 0.4) is 0 Å². The summed E-state index contributed by atoms with van der Waals surface area (Å²) in [6, 6.07) is 10.2. The molecule has 0 spiro atoms. The van der Waals surface area contributed by atoms with Crippen molar-refractivity contribution in [1.82, 2.24) is 0 Å². The Hall–Kier alpha value is -1.31. The van der Waals surface area contributed by atoms with Crippen molar-refractivity contribution in [3.63, 3.8) is 0 Å². The average molecular weight is 175 g/mol. The van der Waals surface area contributed by atoms with E-state index in [0.29, 0.717) is 6.61 Å². The summed E-state index contributed by atoms with van der Waals surface area (Å²) in [5, 5.41) is 4.08. The summed E-state index contributed by atoms with van der Waals surface area (Å²) in [7, 11) is 0. The largest absolute Gasteiger partial charge is 0.395 e. The Kier molecular flexibility index (Phi) is 1.83. The molecule has 0 amide bonds. The molecule has 0 radical (unpaired) electrons. The van der Waals surface area contributed by atoms with E-state index in [2.05, 4.69) is 31.1 Å². The van der Waals surface area contributed by atoms with Crippen LogP contribution < -0.4 is 0 Å². The summed E-state index contributed by atoms with van der Waals surface area (Å²) >= 11 is 0. The molecule has 0 unspecified atom stereocenters. The van der Waals surface area contributed by atoms with Crippen molar-refractivity contribution < 1.29 is 4.84 Å². The van der Waals surface area contributed by atoms with E-state index in [1.807, 2.05) is 18.2 Å². The van der Waals surface area contributed by atoms with Crippen LogP contribution in [0.25, 0.3) is 0 Å². The maximum atomic E-state index is 5.11. The van der Waals surface area contributed by atoms with E-state index in [-0.39, 0.29) is 5.41 Å². The zero-order chi connectivity index (χ0) is 9.31. The van der Waals surface area contributed by atoms with Gasteiger partial charge in [0.15, 0.2) is 0 Å². The van der Waals surface area contributed by atoms with Gasteiger partial charge in [-0.05, 0) is 5.56 Å². The first kappa shape index (κ1) is 8.30. The molecule has 68 valence electrons. The van der Waals surface area contributed by atoms with E-state index in [1.165, 1.54) is 0 Å². The van der Waals surface area contributed by atoms with Gasteiger partial charge >= 0.3 is 0 Å². The van der Waals surface area contributed by atoms with Crippen LogP contribution >= 0.6 is 0 Å². The molecule has 2 rings (SSSR count). The van der Waals surface area contributed by atoms with Crippen LogP contribution in [0.4, 0.5) is 0 Å². The molecule has 13 heavy (non-hydrogen) atoms. The quantitative estimate of drug-likeness (QED) is 0.642. The molecule has 0 fully saturated rings. The van der Waals surface area contributed by atoms with Crippen molar-refractivity contribution in [2.75, 3.05) is 6.61 Å². The summed E-state index contributed by atoms with van der Waals surface area (Å²) in [5.74, 6) is 0. The molecule has 1 aliphatic heterocycles. The molecule has 1 aromatic carbocycles. The minimum absolute atomic E-state index is 0.0430. The van der Waals surface area contributed by atoms with Gasteiger partial charge in [0.2, 0.25) is 0 Å². The molecule has 0 aliphatic carbocycles. The maximum absolute atomic E-state index is 5.11. The Morgan fingerprint density at radius 1 is 1.23 bits per heavy atom. The third-order valence-electron chi connectivity index (χ3n) is 2.27. The van der Waals surface area contributed by atoms with E-state index >= 15 is 0 Å². The lowest BCUT2D eigenvalue weighted by Crippen LogP contribution is -2.24. The van der Waals surface area contributed by atoms with Gasteiger partial charge in [0.25, 0.3) is 0 Å². The SMILES string of the molecule is CC1(C)CON=C1c1ccccc1. The normalized spacial score (nSPS) is 19.4. The van der Waals surface area contributed by atoms with E-state index in [9.17, 15) is 0 Å². The highest BCUT2D eigenvalue weighted by Crippen LogP contribution is 2.28. The number of hydrogen-bond acceptors (Lipinski definition) is 2. The Morgan fingerprint density at radius 2 is 1.92 bits per heavy atom. The highest BCUT2D eigenvalue weighted by Gasteiger charge is 2.32. The number of nitrogens with zero attached hydrogens (tertiary/aromatic N) is 1. The summed E-state index contributed by atoms with van der Waals surface area (Å²) in [5.41, 5.74) is 2.25. The summed E-state index contributed by atoms with van der Waals surface area (Å²) in [6.07, 6.45) is 0. The van der Waals surface area contributed by atoms with Crippen molar-refractivity contribution in [2.24, 2.45) is 10.6 Å². The molecule has 0 bridgehead atoms. The molecule has 2 nitrogen and oxygen atoms in total. The van der Waals surface area contributed by atoms with Gasteiger partial charge in [-0.25, -0.2) is 0 Å². The smallest absolute Gasteiger partial charge is 0.127 e. The van der Waals surface area contributed by atoms with Crippen LogP contribution in [0.5, 0.6) is 0 Å². The Morgan fingerprint density at radius 3 is 2.46 bits per heavy atom. The lowest BCUT2D eigenvalue weighted by molar-refractivity contribution is 0.133. The third kappa shape index (κ3) is 1.44. The Balaban J connectivity index is 2.38. The predicted octanol–water partition coefficient (Wildman–Crippen LogP) is 2.45. The summed E-state index contributed by atoms with van der Waals surface area (Å²) in [6.45, 7) is 4.97. The zero-order valence-corrected chi connectivity index (χ0v) is 7.95. The van der Waals surface area contributed by atoms with Crippen molar-refractivity contribution in [3.8, 4) is 0 Å². The van der Waals surface area contributed by atoms with E-state index in [4.69, 9.17) is 4.84 Å². The van der Waals surface area contributed by atoms with Crippen molar-refractivity contribution in [3.05, 3.63) is 35.9 Å². The summed E-state index contributed by atoms with van der Waals surface area (Å²) < 4.78 is 0. The molecule has 0 saturated carbocycles. The fraction of sp³-hybridized carbons (Fsp3) is 0.364. The van der Waals surface area contributed by atoms with Gasteiger partial charge in [-0.2, -0.15) is 0 Å². The highest BCUT2D eigenvalue weighted by molar-refractivity contribution is 6.04. The second kappa shape index (κ2) is 2.87. The van der Waals surface area contributed by atoms with Gasteiger partial charge in [-0.1, -0.05) is 49.3 Å². The average Bonchev–Trinajstić information content (AvgIpc) is 2.47. The van der Waals surface area contributed by atoms with E-state index in [1.54, 1.807) is 0 Å². The first-order chi connectivity index (χ1) is 6.20. The molecule has 0 N–H and O–H groups in total. The van der Waals surface area contributed by atoms with Gasteiger partial charge in [-0.3, -0.25) is 0 Å². The van der Waals surface area contributed by atoms with Gasteiger partial charge in [0, 0.05) is 5.41 Å². The predicted molar refractivity (Wildman–Crippen MR) is 52.7 cm³/mol. The molecular weight excluding hydrogens is 162 g/mol. The lowest BCUT2D eigenvalue weighted by Gasteiger charge is -2.16. The molecule has 0 atom stereocenters. The van der Waals surface area contributed by atoms with E-state index in [0.717, 1.165) is 11.3 Å². The Bertz CT molecular complexity index is 327. The second-order valence-corrected chi connectivity index (χ2v) is 3.96. The van der Waals surface area contributed by atoms with E-state index < -0.39 is 0 Å². The minimum Gasteiger partial charge on any atom is -0.395 e. The topological polar surface area (TPSA) is 21.6 Å². The molecule has 1 aliphatic rings. The molecule has 1 heterocycles. The van der Waals surface area contributed by atoms with Crippen molar-refractivity contribution in [1.29, 1.82) is 0 Å². The fourth-order valence-corrected chi connectivity index (χ4v) is 1.49. The Labute approximate surface area is 78.2 Å². The van der Waals surface area contributed by atoms with Crippen LogP contribution in [0.1, 0.15) is 19.4 Å². The molecule has 1 aromatic rings. The lowest BCUT2D eigenvalue weighted by atomic mass is 9.85. The van der Waals surface area contributed by atoms with Gasteiger partial charge in [0.05, 0.1) is 5.71 Å². The first-order valence-electron chi connectivity index (χ1n) is 4.46. The molecular formula is C11H13NO. The molecule has 0 aromatic heterocycles. The monoisotopic (exact) mass is 175 g/mol. The fourth-order valence-electron chi connectivity index (χ4n) is 1.49. The molecule has 0 saturated heterocycles. The van der Waals surface area contributed by atoms with Crippen LogP contribution in [0.2, 0.25) is 0 Å². The van der Waals surface area contributed by atoms with Crippen LogP contribution in [0, 0.1) is 5.41 Å². The maximum Gasteiger partial charge on any atom is 0.127 e. The summed E-state index contributed by atoms with van der Waals surface area (Å²) in [4.78, 5) is 5.11.